The van der Waals surface area contributed by atoms with Crippen molar-refractivity contribution in [3.8, 4) is 0 Å². The van der Waals surface area contributed by atoms with Crippen LogP contribution in [0.1, 0.15) is 28.5 Å². The second-order valence-electron chi connectivity index (χ2n) is 4.69. The first-order valence-electron chi connectivity index (χ1n) is 6.58. The van der Waals surface area contributed by atoms with Crippen LogP contribution in [0.25, 0.3) is 0 Å². The summed E-state index contributed by atoms with van der Waals surface area (Å²) in [4.78, 5) is 17.5. The zero-order valence-corrected chi connectivity index (χ0v) is 11.9. The number of anilines is 2. The highest BCUT2D eigenvalue weighted by atomic mass is 16.4. The third-order valence-corrected chi connectivity index (χ3v) is 3.21. The van der Waals surface area contributed by atoms with Crippen molar-refractivity contribution in [1.29, 1.82) is 0 Å². The molecule has 0 saturated carbocycles. The first-order chi connectivity index (χ1) is 9.52. The fourth-order valence-electron chi connectivity index (χ4n) is 2.20. The highest BCUT2D eigenvalue weighted by Crippen LogP contribution is 2.25. The molecule has 0 aliphatic carbocycles. The molecule has 0 spiro atoms. The number of aromatic nitrogens is 1. The summed E-state index contributed by atoms with van der Waals surface area (Å²) >= 11 is 0. The van der Waals surface area contributed by atoms with E-state index in [1.807, 2.05) is 32.0 Å². The lowest BCUT2D eigenvalue weighted by Crippen LogP contribution is -2.18. The number of aryl methyl sites for hydroxylation is 2. The summed E-state index contributed by atoms with van der Waals surface area (Å²) < 4.78 is 0. The summed E-state index contributed by atoms with van der Waals surface area (Å²) in [7, 11) is 0. The number of carbonyl (C=O) groups is 1. The molecule has 0 saturated heterocycles. The largest absolute Gasteiger partial charge is 0.478 e. The Hall–Kier alpha value is -2.36. The molecule has 0 amide bonds. The molecule has 4 heteroatoms. The van der Waals surface area contributed by atoms with Crippen LogP contribution in [-0.4, -0.2) is 22.6 Å². The first kappa shape index (κ1) is 14.1. The zero-order chi connectivity index (χ0) is 14.7. The third-order valence-electron chi connectivity index (χ3n) is 3.21. The molecule has 0 atom stereocenters. The number of carboxylic acids is 1. The molecule has 104 valence electrons. The van der Waals surface area contributed by atoms with Crippen LogP contribution in [0.5, 0.6) is 0 Å². The maximum absolute atomic E-state index is 11.0. The lowest BCUT2D eigenvalue weighted by Gasteiger charge is -2.23. The van der Waals surface area contributed by atoms with Crippen LogP contribution < -0.4 is 4.90 Å². The summed E-state index contributed by atoms with van der Waals surface area (Å²) in [5.74, 6) is -0.180. The Morgan fingerprint density at radius 3 is 2.55 bits per heavy atom. The molecule has 2 aromatic rings. The fourth-order valence-corrected chi connectivity index (χ4v) is 2.20. The minimum atomic E-state index is -0.944. The van der Waals surface area contributed by atoms with Crippen molar-refractivity contribution in [3.63, 3.8) is 0 Å². The molecule has 0 aliphatic rings. The summed E-state index contributed by atoms with van der Waals surface area (Å²) in [5, 5.41) is 9.05. The second kappa shape index (κ2) is 5.74. The van der Waals surface area contributed by atoms with E-state index in [1.54, 1.807) is 19.1 Å². The highest BCUT2D eigenvalue weighted by Gasteiger charge is 2.13. The lowest BCUT2D eigenvalue weighted by molar-refractivity contribution is 0.0695. The molecular weight excluding hydrogens is 252 g/mol. The van der Waals surface area contributed by atoms with Gasteiger partial charge in [-0.05, 0) is 50.6 Å². The van der Waals surface area contributed by atoms with Gasteiger partial charge in [0.1, 0.15) is 5.82 Å². The van der Waals surface area contributed by atoms with Gasteiger partial charge >= 0.3 is 5.97 Å². The van der Waals surface area contributed by atoms with E-state index in [4.69, 9.17) is 5.11 Å². The highest BCUT2D eigenvalue weighted by molar-refractivity contribution is 5.89. The van der Waals surface area contributed by atoms with Crippen molar-refractivity contribution in [1.82, 2.24) is 4.98 Å². The standard InChI is InChI=1S/C16H18N2O2/c1-4-18(13-7-5-6-11(2)10-13)15-9-8-14(16(19)20)12(3)17-15/h5-10H,4H2,1-3H3,(H,19,20). The van der Waals surface area contributed by atoms with E-state index in [9.17, 15) is 4.79 Å². The molecule has 1 aromatic carbocycles. The van der Waals surface area contributed by atoms with E-state index in [0.29, 0.717) is 5.69 Å². The van der Waals surface area contributed by atoms with Crippen molar-refractivity contribution in [2.75, 3.05) is 11.4 Å². The predicted octanol–water partition coefficient (Wildman–Crippen LogP) is 3.55. The summed E-state index contributed by atoms with van der Waals surface area (Å²) in [6.45, 7) is 6.58. The van der Waals surface area contributed by atoms with Gasteiger partial charge in [0.05, 0.1) is 11.3 Å². The van der Waals surface area contributed by atoms with Gasteiger partial charge in [-0.3, -0.25) is 0 Å². The van der Waals surface area contributed by atoms with Gasteiger partial charge in [0.2, 0.25) is 0 Å². The van der Waals surface area contributed by atoms with Gasteiger partial charge in [-0.15, -0.1) is 0 Å². The van der Waals surface area contributed by atoms with Crippen molar-refractivity contribution in [2.45, 2.75) is 20.8 Å². The number of carboxylic acid groups (broad SMARTS) is 1. The monoisotopic (exact) mass is 270 g/mol. The zero-order valence-electron chi connectivity index (χ0n) is 11.9. The van der Waals surface area contributed by atoms with Gasteiger partial charge in [-0.2, -0.15) is 0 Å². The van der Waals surface area contributed by atoms with Gasteiger partial charge in [-0.1, -0.05) is 12.1 Å². The normalized spacial score (nSPS) is 10.3. The molecule has 0 aliphatic heterocycles. The van der Waals surface area contributed by atoms with E-state index in [0.717, 1.165) is 18.1 Å². The van der Waals surface area contributed by atoms with Gasteiger partial charge in [0, 0.05) is 12.2 Å². The lowest BCUT2D eigenvalue weighted by atomic mass is 10.2. The molecule has 0 radical (unpaired) electrons. The molecule has 0 unspecified atom stereocenters. The Labute approximate surface area is 118 Å². The molecule has 4 nitrogen and oxygen atoms in total. The Morgan fingerprint density at radius 2 is 2.00 bits per heavy atom. The van der Waals surface area contributed by atoms with E-state index in [2.05, 4.69) is 16.0 Å². The Morgan fingerprint density at radius 1 is 1.25 bits per heavy atom. The first-order valence-corrected chi connectivity index (χ1v) is 6.58. The van der Waals surface area contributed by atoms with Gasteiger partial charge < -0.3 is 10.0 Å². The van der Waals surface area contributed by atoms with Crippen LogP contribution in [0.15, 0.2) is 36.4 Å². The molecule has 1 aromatic heterocycles. The summed E-state index contributed by atoms with van der Waals surface area (Å²) in [6.07, 6.45) is 0. The smallest absolute Gasteiger partial charge is 0.337 e. The Bertz CT molecular complexity index is 638. The SMILES string of the molecule is CCN(c1cccc(C)c1)c1ccc(C(=O)O)c(C)n1. The van der Waals surface area contributed by atoms with Crippen LogP contribution in [0.2, 0.25) is 0 Å². The van der Waals surface area contributed by atoms with Crippen LogP contribution in [-0.2, 0) is 0 Å². The second-order valence-corrected chi connectivity index (χ2v) is 4.69. The number of rotatable bonds is 4. The topological polar surface area (TPSA) is 53.4 Å². The minimum absolute atomic E-state index is 0.244. The quantitative estimate of drug-likeness (QED) is 0.923. The molecule has 1 heterocycles. The van der Waals surface area contributed by atoms with Crippen molar-refractivity contribution < 1.29 is 9.90 Å². The fraction of sp³-hybridized carbons (Fsp3) is 0.250. The molecule has 0 bridgehead atoms. The van der Waals surface area contributed by atoms with Gasteiger partial charge in [-0.25, -0.2) is 9.78 Å². The van der Waals surface area contributed by atoms with E-state index in [1.165, 1.54) is 5.56 Å². The molecular formula is C16H18N2O2. The predicted molar refractivity (Wildman–Crippen MR) is 79.8 cm³/mol. The molecule has 2 rings (SSSR count). The maximum Gasteiger partial charge on any atom is 0.337 e. The average molecular weight is 270 g/mol. The van der Waals surface area contributed by atoms with E-state index in [-0.39, 0.29) is 5.56 Å². The minimum Gasteiger partial charge on any atom is -0.478 e. The number of benzene rings is 1. The molecule has 0 fully saturated rings. The number of hydrogen-bond donors (Lipinski definition) is 1. The summed E-state index contributed by atoms with van der Waals surface area (Å²) in [6, 6.07) is 11.5. The van der Waals surface area contributed by atoms with Crippen LogP contribution in [0.4, 0.5) is 11.5 Å². The average Bonchev–Trinajstić information content (AvgIpc) is 2.39. The number of aromatic carboxylic acids is 1. The van der Waals surface area contributed by atoms with Crippen molar-refractivity contribution in [2.24, 2.45) is 0 Å². The van der Waals surface area contributed by atoms with Crippen LogP contribution in [0, 0.1) is 13.8 Å². The van der Waals surface area contributed by atoms with Gasteiger partial charge in [0.25, 0.3) is 0 Å². The third kappa shape index (κ3) is 2.79. The molecule has 1 N–H and O–H groups in total. The van der Waals surface area contributed by atoms with Gasteiger partial charge in [0.15, 0.2) is 0 Å². The Kier molecular flexibility index (Phi) is 4.03. The number of pyridine rings is 1. The van der Waals surface area contributed by atoms with Crippen LogP contribution >= 0.6 is 0 Å². The van der Waals surface area contributed by atoms with Crippen molar-refractivity contribution in [3.05, 3.63) is 53.2 Å². The van der Waals surface area contributed by atoms with E-state index < -0.39 is 5.97 Å². The Balaban J connectivity index is 2.42. The van der Waals surface area contributed by atoms with Crippen LogP contribution in [0.3, 0.4) is 0 Å². The maximum atomic E-state index is 11.0. The number of hydrogen-bond acceptors (Lipinski definition) is 3. The molecule has 20 heavy (non-hydrogen) atoms. The summed E-state index contributed by atoms with van der Waals surface area (Å²) in [5.41, 5.74) is 3.01. The van der Waals surface area contributed by atoms with Crippen molar-refractivity contribution >= 4 is 17.5 Å². The van der Waals surface area contributed by atoms with E-state index >= 15 is 0 Å². The number of nitrogens with zero attached hydrogens (tertiary/aromatic N) is 2.